The van der Waals surface area contributed by atoms with E-state index in [-0.39, 0.29) is 10.8 Å². The van der Waals surface area contributed by atoms with Gasteiger partial charge in [-0.05, 0) is 73.5 Å². The van der Waals surface area contributed by atoms with Crippen molar-refractivity contribution in [2.75, 3.05) is 12.4 Å². The van der Waals surface area contributed by atoms with Crippen molar-refractivity contribution in [2.24, 2.45) is 5.14 Å². The predicted octanol–water partition coefficient (Wildman–Crippen LogP) is 5.76. The number of pyridine rings is 1. The monoisotopic (exact) mass is 572 g/mol. The number of sulfonamides is 1. The number of methoxy groups -OCH3 is 1. The molecule has 0 saturated heterocycles. The number of nitriles is 1. The van der Waals surface area contributed by atoms with Gasteiger partial charge in [0.15, 0.2) is 0 Å². The first kappa shape index (κ1) is 28.8. The second-order valence-corrected chi connectivity index (χ2v) is 11.8. The molecule has 1 atom stereocenters. The number of nitrogens with one attached hydrogen (secondary N) is 1. The number of benzene rings is 3. The van der Waals surface area contributed by atoms with E-state index in [9.17, 15) is 18.5 Å². The lowest BCUT2D eigenvalue weighted by atomic mass is 9.98. The van der Waals surface area contributed by atoms with E-state index in [1.165, 1.54) is 36.0 Å². The highest BCUT2D eigenvalue weighted by Gasteiger charge is 2.24. The first-order valence-corrected chi connectivity index (χ1v) is 14.8. The third-order valence-electron chi connectivity index (χ3n) is 6.21. The van der Waals surface area contributed by atoms with Gasteiger partial charge >= 0.3 is 0 Å². The van der Waals surface area contributed by atoms with Crippen LogP contribution in [-0.2, 0) is 14.8 Å². The van der Waals surface area contributed by atoms with E-state index in [2.05, 4.69) is 11.4 Å². The van der Waals surface area contributed by atoms with Gasteiger partial charge in [0.25, 0.3) is 0 Å². The Kier molecular flexibility index (Phi) is 8.90. The molecule has 0 aliphatic rings. The first-order valence-electron chi connectivity index (χ1n) is 12.4. The van der Waals surface area contributed by atoms with Crippen molar-refractivity contribution < 1.29 is 17.9 Å². The molecule has 4 aromatic rings. The van der Waals surface area contributed by atoms with Crippen LogP contribution in [0.1, 0.15) is 24.5 Å². The molecule has 4 rings (SSSR count). The van der Waals surface area contributed by atoms with Gasteiger partial charge in [0.2, 0.25) is 15.9 Å². The van der Waals surface area contributed by atoms with Crippen molar-refractivity contribution in [3.05, 3.63) is 90.0 Å². The molecule has 204 valence electrons. The number of hydrogen-bond donors (Lipinski definition) is 2. The standard InChI is InChI=1S/C30H28N4O4S2/c1-4-28(29(35)33-22-11-15-24(16-12-22)40(32,36)37)39-30-26(18-31)25(20-7-5-19(2)6-8-20)17-27(34-30)21-9-13-23(38-3)14-10-21/h5-17,28H,4H2,1-3H3,(H,33,35)(H2,32,36,37). The number of anilines is 1. The minimum atomic E-state index is -3.84. The second kappa shape index (κ2) is 12.3. The molecule has 3 N–H and O–H groups in total. The van der Waals surface area contributed by atoms with Crippen LogP contribution in [0.2, 0.25) is 0 Å². The number of nitrogens with zero attached hydrogens (tertiary/aromatic N) is 2. The lowest BCUT2D eigenvalue weighted by molar-refractivity contribution is -0.115. The predicted molar refractivity (Wildman–Crippen MR) is 157 cm³/mol. The van der Waals surface area contributed by atoms with Gasteiger partial charge in [0, 0.05) is 16.8 Å². The molecule has 1 amide bonds. The van der Waals surface area contributed by atoms with Crippen molar-refractivity contribution >= 4 is 33.4 Å². The molecule has 0 saturated carbocycles. The smallest absolute Gasteiger partial charge is 0.238 e. The highest BCUT2D eigenvalue weighted by molar-refractivity contribution is 8.00. The first-order chi connectivity index (χ1) is 19.1. The summed E-state index contributed by atoms with van der Waals surface area (Å²) in [7, 11) is -2.24. The lowest BCUT2D eigenvalue weighted by Gasteiger charge is -2.18. The van der Waals surface area contributed by atoms with Crippen LogP contribution in [0.15, 0.2) is 88.8 Å². The Labute approximate surface area is 238 Å². The fraction of sp³-hybridized carbons (Fsp3) is 0.167. The minimum Gasteiger partial charge on any atom is -0.497 e. The fourth-order valence-electron chi connectivity index (χ4n) is 3.99. The number of rotatable bonds is 9. The highest BCUT2D eigenvalue weighted by Crippen LogP contribution is 2.37. The number of ether oxygens (including phenoxy) is 1. The third-order valence-corrected chi connectivity index (χ3v) is 8.49. The zero-order chi connectivity index (χ0) is 28.9. The molecular weight excluding hydrogens is 544 g/mol. The molecule has 1 unspecified atom stereocenters. The third kappa shape index (κ3) is 6.69. The molecule has 0 fully saturated rings. The van der Waals surface area contributed by atoms with Gasteiger partial charge in [-0.2, -0.15) is 5.26 Å². The van der Waals surface area contributed by atoms with Crippen LogP contribution in [0.3, 0.4) is 0 Å². The average Bonchev–Trinajstić information content (AvgIpc) is 2.95. The molecule has 0 spiro atoms. The molecule has 8 nitrogen and oxygen atoms in total. The molecule has 1 heterocycles. The summed E-state index contributed by atoms with van der Waals surface area (Å²) in [5, 5.41) is 18.1. The van der Waals surface area contributed by atoms with Gasteiger partial charge < -0.3 is 10.1 Å². The van der Waals surface area contributed by atoms with Gasteiger partial charge in [0.1, 0.15) is 16.8 Å². The summed E-state index contributed by atoms with van der Waals surface area (Å²) >= 11 is 1.22. The van der Waals surface area contributed by atoms with Crippen LogP contribution < -0.4 is 15.2 Å². The van der Waals surface area contributed by atoms with Gasteiger partial charge in [-0.15, -0.1) is 0 Å². The molecule has 0 aliphatic carbocycles. The summed E-state index contributed by atoms with van der Waals surface area (Å²) < 4.78 is 28.4. The summed E-state index contributed by atoms with van der Waals surface area (Å²) in [6, 6.07) is 25.2. The summed E-state index contributed by atoms with van der Waals surface area (Å²) in [4.78, 5) is 18.0. The Balaban J connectivity index is 1.72. The quantitative estimate of drug-likeness (QED) is 0.243. The van der Waals surface area contributed by atoms with E-state index in [0.29, 0.717) is 34.1 Å². The van der Waals surface area contributed by atoms with Crippen LogP contribution in [0.4, 0.5) is 5.69 Å². The van der Waals surface area contributed by atoms with Crippen LogP contribution in [0.25, 0.3) is 22.4 Å². The lowest BCUT2D eigenvalue weighted by Crippen LogP contribution is -2.25. The molecule has 3 aromatic carbocycles. The number of hydrogen-bond acceptors (Lipinski definition) is 7. The van der Waals surface area contributed by atoms with Crippen LogP contribution in [-0.4, -0.2) is 31.7 Å². The molecule has 0 aliphatic heterocycles. The minimum absolute atomic E-state index is 0.0474. The SMILES string of the molecule is CCC(Sc1nc(-c2ccc(OC)cc2)cc(-c2ccc(C)cc2)c1C#N)C(=O)Nc1ccc(S(N)(=O)=O)cc1. The van der Waals surface area contributed by atoms with Crippen LogP contribution in [0.5, 0.6) is 5.75 Å². The largest absolute Gasteiger partial charge is 0.497 e. The maximum Gasteiger partial charge on any atom is 0.238 e. The van der Waals surface area contributed by atoms with Gasteiger partial charge in [-0.1, -0.05) is 48.5 Å². The average molecular weight is 573 g/mol. The number of thioether (sulfide) groups is 1. The number of nitrogens with two attached hydrogens (primary N) is 1. The van der Waals surface area contributed by atoms with Crippen LogP contribution in [0, 0.1) is 18.3 Å². The van der Waals surface area contributed by atoms with E-state index < -0.39 is 15.3 Å². The number of aryl methyl sites for hydroxylation is 1. The molecule has 0 bridgehead atoms. The number of primary sulfonamides is 1. The molecule has 0 radical (unpaired) electrons. The van der Waals surface area contributed by atoms with Crippen molar-refractivity contribution in [3.63, 3.8) is 0 Å². The van der Waals surface area contributed by atoms with E-state index >= 15 is 0 Å². The highest BCUT2D eigenvalue weighted by atomic mass is 32.2. The van der Waals surface area contributed by atoms with Crippen molar-refractivity contribution in [1.29, 1.82) is 5.26 Å². The maximum atomic E-state index is 13.2. The zero-order valence-corrected chi connectivity index (χ0v) is 23.8. The summed E-state index contributed by atoms with van der Waals surface area (Å²) in [6.45, 7) is 3.88. The van der Waals surface area contributed by atoms with Gasteiger partial charge in [-0.25, -0.2) is 18.5 Å². The Morgan fingerprint density at radius 2 is 1.68 bits per heavy atom. The second-order valence-electron chi connectivity index (χ2n) is 9.01. The summed E-state index contributed by atoms with van der Waals surface area (Å²) in [5.41, 5.74) is 5.00. The normalized spacial score (nSPS) is 11.9. The number of carbonyl (C=O) groups is 1. The molecular formula is C30H28N4O4S2. The number of aromatic nitrogens is 1. The molecule has 10 heteroatoms. The van der Waals surface area contributed by atoms with E-state index in [0.717, 1.165) is 22.3 Å². The van der Waals surface area contributed by atoms with Crippen molar-refractivity contribution in [3.8, 4) is 34.2 Å². The maximum absolute atomic E-state index is 13.2. The summed E-state index contributed by atoms with van der Waals surface area (Å²) in [6.07, 6.45) is 0.463. The summed E-state index contributed by atoms with van der Waals surface area (Å²) in [5.74, 6) is 0.416. The van der Waals surface area contributed by atoms with Gasteiger partial charge in [-0.3, -0.25) is 4.79 Å². The van der Waals surface area contributed by atoms with E-state index in [1.807, 2.05) is 68.4 Å². The Morgan fingerprint density at radius 3 is 2.23 bits per heavy atom. The van der Waals surface area contributed by atoms with Crippen molar-refractivity contribution in [2.45, 2.75) is 35.4 Å². The number of carbonyl (C=O) groups excluding carboxylic acids is 1. The Bertz CT molecular complexity index is 1660. The van der Waals surface area contributed by atoms with Crippen molar-refractivity contribution in [1.82, 2.24) is 4.98 Å². The van der Waals surface area contributed by atoms with E-state index in [1.54, 1.807) is 7.11 Å². The Hall–Kier alpha value is -4.17. The Morgan fingerprint density at radius 1 is 1.05 bits per heavy atom. The zero-order valence-electron chi connectivity index (χ0n) is 22.2. The van der Waals surface area contributed by atoms with E-state index in [4.69, 9.17) is 14.9 Å². The molecule has 40 heavy (non-hydrogen) atoms. The van der Waals surface area contributed by atoms with Crippen LogP contribution >= 0.6 is 11.8 Å². The number of amides is 1. The molecule has 1 aromatic heterocycles. The fourth-order valence-corrected chi connectivity index (χ4v) is 5.54. The van der Waals surface area contributed by atoms with Gasteiger partial charge in [0.05, 0.1) is 28.5 Å². The topological polar surface area (TPSA) is 135 Å².